The molecule has 3 heteroatoms. The molecule has 1 saturated heterocycles. The molecule has 0 amide bonds. The Labute approximate surface area is 138 Å². The fourth-order valence-electron chi connectivity index (χ4n) is 3.40. The van der Waals surface area contributed by atoms with Gasteiger partial charge in [-0.2, -0.15) is 0 Å². The van der Waals surface area contributed by atoms with Gasteiger partial charge < -0.3 is 5.32 Å². The van der Waals surface area contributed by atoms with Crippen molar-refractivity contribution >= 4 is 15.9 Å². The molecular weight excluding hydrogens is 324 g/mol. The van der Waals surface area contributed by atoms with Crippen molar-refractivity contribution in [2.24, 2.45) is 11.8 Å². The van der Waals surface area contributed by atoms with E-state index in [4.69, 9.17) is 0 Å². The minimum atomic E-state index is 0.824. The monoisotopic (exact) mass is 352 g/mol. The molecule has 0 bridgehead atoms. The summed E-state index contributed by atoms with van der Waals surface area (Å²) in [7, 11) is 0. The van der Waals surface area contributed by atoms with Gasteiger partial charge in [-0.25, -0.2) is 0 Å². The molecule has 1 fully saturated rings. The Morgan fingerprint density at radius 1 is 1.24 bits per heavy atom. The number of halogens is 1. The first kappa shape index (κ1) is 17.0. The van der Waals surface area contributed by atoms with Gasteiger partial charge in [0.2, 0.25) is 0 Å². The van der Waals surface area contributed by atoms with Crippen LogP contribution in [0.15, 0.2) is 22.7 Å². The SMILES string of the molecule is CCCNCc1ccc(CN2CC(C)CC(C)C2)c(Br)c1. The zero-order chi connectivity index (χ0) is 15.2. The summed E-state index contributed by atoms with van der Waals surface area (Å²) < 4.78 is 1.25. The largest absolute Gasteiger partial charge is 0.313 e. The van der Waals surface area contributed by atoms with E-state index >= 15 is 0 Å². The van der Waals surface area contributed by atoms with Crippen LogP contribution in [0.1, 0.15) is 44.7 Å². The molecule has 0 radical (unpaired) electrons. The average molecular weight is 353 g/mol. The van der Waals surface area contributed by atoms with Crippen molar-refractivity contribution in [3.63, 3.8) is 0 Å². The van der Waals surface area contributed by atoms with Crippen LogP contribution < -0.4 is 5.32 Å². The number of benzene rings is 1. The van der Waals surface area contributed by atoms with Crippen LogP contribution in [0.5, 0.6) is 0 Å². The fraction of sp³-hybridized carbons (Fsp3) is 0.667. The second kappa shape index (κ2) is 8.30. The van der Waals surface area contributed by atoms with E-state index in [-0.39, 0.29) is 0 Å². The fourth-order valence-corrected chi connectivity index (χ4v) is 3.95. The highest BCUT2D eigenvalue weighted by molar-refractivity contribution is 9.10. The Morgan fingerprint density at radius 2 is 1.95 bits per heavy atom. The van der Waals surface area contributed by atoms with E-state index < -0.39 is 0 Å². The Balaban J connectivity index is 1.94. The van der Waals surface area contributed by atoms with Crippen molar-refractivity contribution in [3.8, 4) is 0 Å². The first-order chi connectivity index (χ1) is 10.1. The predicted molar refractivity (Wildman–Crippen MR) is 94.4 cm³/mol. The number of piperidine rings is 1. The van der Waals surface area contributed by atoms with E-state index in [1.807, 2.05) is 0 Å². The molecule has 0 saturated carbocycles. The van der Waals surface area contributed by atoms with Gasteiger partial charge in [-0.3, -0.25) is 4.90 Å². The molecular formula is C18H29BrN2. The molecule has 1 aliphatic heterocycles. The maximum Gasteiger partial charge on any atom is 0.0245 e. The standard InChI is InChI=1S/C18H29BrN2/c1-4-7-20-10-16-5-6-17(18(19)9-16)13-21-11-14(2)8-15(3)12-21/h5-6,9,14-15,20H,4,7-8,10-13H2,1-3H3. The van der Waals surface area contributed by atoms with E-state index in [0.29, 0.717) is 0 Å². The molecule has 0 spiro atoms. The number of rotatable bonds is 6. The van der Waals surface area contributed by atoms with Crippen LogP contribution in [0.25, 0.3) is 0 Å². The van der Waals surface area contributed by atoms with Crippen molar-refractivity contribution in [2.75, 3.05) is 19.6 Å². The van der Waals surface area contributed by atoms with Gasteiger partial charge >= 0.3 is 0 Å². The molecule has 0 aromatic heterocycles. The van der Waals surface area contributed by atoms with Gasteiger partial charge in [0, 0.05) is 30.7 Å². The highest BCUT2D eigenvalue weighted by atomic mass is 79.9. The lowest BCUT2D eigenvalue weighted by Gasteiger charge is -2.35. The topological polar surface area (TPSA) is 15.3 Å². The second-order valence-electron chi connectivity index (χ2n) is 6.74. The van der Waals surface area contributed by atoms with Gasteiger partial charge in [-0.15, -0.1) is 0 Å². The minimum absolute atomic E-state index is 0.824. The first-order valence-electron chi connectivity index (χ1n) is 8.28. The van der Waals surface area contributed by atoms with Gasteiger partial charge in [0.1, 0.15) is 0 Å². The smallest absolute Gasteiger partial charge is 0.0245 e. The normalized spacial score (nSPS) is 23.4. The summed E-state index contributed by atoms with van der Waals surface area (Å²) in [5, 5.41) is 3.46. The van der Waals surface area contributed by atoms with E-state index in [2.05, 4.69) is 65.1 Å². The van der Waals surface area contributed by atoms with E-state index in [1.54, 1.807) is 0 Å². The molecule has 2 nitrogen and oxygen atoms in total. The molecule has 1 N–H and O–H groups in total. The van der Waals surface area contributed by atoms with Crippen molar-refractivity contribution in [3.05, 3.63) is 33.8 Å². The second-order valence-corrected chi connectivity index (χ2v) is 7.60. The summed E-state index contributed by atoms with van der Waals surface area (Å²) in [6.07, 6.45) is 2.56. The van der Waals surface area contributed by atoms with Gasteiger partial charge in [0.15, 0.2) is 0 Å². The molecule has 2 unspecified atom stereocenters. The summed E-state index contributed by atoms with van der Waals surface area (Å²) in [6, 6.07) is 6.82. The quantitative estimate of drug-likeness (QED) is 0.762. The van der Waals surface area contributed by atoms with E-state index in [1.165, 1.54) is 41.5 Å². The highest BCUT2D eigenvalue weighted by Crippen LogP contribution is 2.25. The summed E-state index contributed by atoms with van der Waals surface area (Å²) in [6.45, 7) is 12.5. The third-order valence-corrected chi connectivity index (χ3v) is 4.95. The number of hydrogen-bond donors (Lipinski definition) is 1. The van der Waals surface area contributed by atoms with Gasteiger partial charge in [-0.05, 0) is 48.4 Å². The van der Waals surface area contributed by atoms with Crippen molar-refractivity contribution < 1.29 is 0 Å². The summed E-state index contributed by atoms with van der Waals surface area (Å²) in [5.41, 5.74) is 2.77. The van der Waals surface area contributed by atoms with Crippen LogP contribution in [0.2, 0.25) is 0 Å². The lowest BCUT2D eigenvalue weighted by atomic mass is 9.91. The van der Waals surface area contributed by atoms with Crippen LogP contribution >= 0.6 is 15.9 Å². The first-order valence-corrected chi connectivity index (χ1v) is 9.08. The molecule has 1 aromatic rings. The van der Waals surface area contributed by atoms with Crippen molar-refractivity contribution in [1.29, 1.82) is 0 Å². The maximum atomic E-state index is 3.76. The lowest BCUT2D eigenvalue weighted by Crippen LogP contribution is -2.38. The molecule has 2 rings (SSSR count). The summed E-state index contributed by atoms with van der Waals surface area (Å²) in [5.74, 6) is 1.65. The van der Waals surface area contributed by atoms with Crippen LogP contribution in [0.3, 0.4) is 0 Å². The summed E-state index contributed by atoms with van der Waals surface area (Å²) >= 11 is 3.76. The third-order valence-electron chi connectivity index (χ3n) is 4.21. The lowest BCUT2D eigenvalue weighted by molar-refractivity contribution is 0.134. The minimum Gasteiger partial charge on any atom is -0.313 e. The van der Waals surface area contributed by atoms with Gasteiger partial charge in [0.05, 0.1) is 0 Å². The molecule has 0 aliphatic carbocycles. The van der Waals surface area contributed by atoms with Crippen LogP contribution in [0, 0.1) is 11.8 Å². The molecule has 1 aromatic carbocycles. The van der Waals surface area contributed by atoms with Gasteiger partial charge in [0.25, 0.3) is 0 Å². The van der Waals surface area contributed by atoms with Crippen LogP contribution in [-0.4, -0.2) is 24.5 Å². The highest BCUT2D eigenvalue weighted by Gasteiger charge is 2.22. The third kappa shape index (κ3) is 5.39. The zero-order valence-electron chi connectivity index (χ0n) is 13.7. The number of nitrogens with one attached hydrogen (secondary N) is 1. The molecule has 1 aliphatic rings. The van der Waals surface area contributed by atoms with Gasteiger partial charge in [-0.1, -0.05) is 48.8 Å². The molecule has 118 valence electrons. The number of hydrogen-bond acceptors (Lipinski definition) is 2. The molecule has 21 heavy (non-hydrogen) atoms. The predicted octanol–water partition coefficient (Wildman–Crippen LogP) is 4.43. The number of nitrogens with zero attached hydrogens (tertiary/aromatic N) is 1. The Kier molecular flexibility index (Phi) is 6.72. The molecule has 2 atom stereocenters. The Hall–Kier alpha value is -0.380. The van der Waals surface area contributed by atoms with E-state index in [0.717, 1.165) is 31.5 Å². The molecule has 1 heterocycles. The Morgan fingerprint density at radius 3 is 2.57 bits per heavy atom. The number of likely N-dealkylation sites (tertiary alicyclic amines) is 1. The van der Waals surface area contributed by atoms with E-state index in [9.17, 15) is 0 Å². The average Bonchev–Trinajstić information content (AvgIpc) is 2.41. The zero-order valence-corrected chi connectivity index (χ0v) is 15.2. The van der Waals surface area contributed by atoms with Crippen molar-refractivity contribution in [1.82, 2.24) is 10.2 Å². The van der Waals surface area contributed by atoms with Crippen LogP contribution in [-0.2, 0) is 13.1 Å². The van der Waals surface area contributed by atoms with Crippen LogP contribution in [0.4, 0.5) is 0 Å². The maximum absolute atomic E-state index is 3.76. The summed E-state index contributed by atoms with van der Waals surface area (Å²) in [4.78, 5) is 2.61. The van der Waals surface area contributed by atoms with Crippen molar-refractivity contribution in [2.45, 2.75) is 46.7 Å². The Bertz CT molecular complexity index is 437.